The normalized spacial score (nSPS) is 12.4. The van der Waals surface area contributed by atoms with Crippen molar-refractivity contribution < 1.29 is 9.32 Å². The number of nitrogens with zero attached hydrogens (tertiary/aromatic N) is 1. The van der Waals surface area contributed by atoms with Gasteiger partial charge in [0.05, 0.1) is 0 Å². The molecular weight excluding hydrogens is 226 g/mol. The second-order valence-corrected chi connectivity index (χ2v) is 4.28. The molecule has 0 spiro atoms. The van der Waals surface area contributed by atoms with Crippen molar-refractivity contribution >= 4 is 23.1 Å². The molecule has 6 heteroatoms. The van der Waals surface area contributed by atoms with Gasteiger partial charge < -0.3 is 15.6 Å². The molecule has 2 aromatic rings. The quantitative estimate of drug-likeness (QED) is 0.851. The van der Waals surface area contributed by atoms with Crippen LogP contribution in [0.1, 0.15) is 16.7 Å². The largest absolute Gasteiger partial charge is 0.360 e. The first-order chi connectivity index (χ1) is 7.66. The first-order valence-electron chi connectivity index (χ1n) is 4.70. The fourth-order valence-corrected chi connectivity index (χ4v) is 1.95. The average molecular weight is 237 g/mol. The van der Waals surface area contributed by atoms with Crippen LogP contribution in [-0.2, 0) is 4.79 Å². The molecule has 0 saturated carbocycles. The summed E-state index contributed by atoms with van der Waals surface area (Å²) < 4.78 is 4.83. The number of thiophene rings is 1. The zero-order valence-electron chi connectivity index (χ0n) is 8.64. The van der Waals surface area contributed by atoms with Crippen molar-refractivity contribution in [3.63, 3.8) is 0 Å². The second-order valence-electron chi connectivity index (χ2n) is 3.31. The third-order valence-electron chi connectivity index (χ3n) is 2.01. The Labute approximate surface area is 96.2 Å². The number of aryl methyl sites for hydroxylation is 1. The molecule has 0 radical (unpaired) electrons. The lowest BCUT2D eigenvalue weighted by atomic mass is 10.2. The van der Waals surface area contributed by atoms with Gasteiger partial charge in [0, 0.05) is 10.9 Å². The van der Waals surface area contributed by atoms with Crippen LogP contribution in [0.4, 0.5) is 5.82 Å². The fraction of sp³-hybridized carbons (Fsp3) is 0.200. The van der Waals surface area contributed by atoms with Gasteiger partial charge in [-0.2, -0.15) is 0 Å². The number of anilines is 1. The molecule has 0 aromatic carbocycles. The van der Waals surface area contributed by atoms with Crippen LogP contribution >= 0.6 is 11.3 Å². The zero-order valence-corrected chi connectivity index (χ0v) is 9.45. The molecule has 2 rings (SSSR count). The lowest BCUT2D eigenvalue weighted by Crippen LogP contribution is -2.27. The molecule has 1 amide bonds. The van der Waals surface area contributed by atoms with E-state index in [9.17, 15) is 4.79 Å². The van der Waals surface area contributed by atoms with Crippen LogP contribution < -0.4 is 11.1 Å². The molecule has 0 aliphatic rings. The Morgan fingerprint density at radius 3 is 3.06 bits per heavy atom. The van der Waals surface area contributed by atoms with Crippen molar-refractivity contribution in [2.24, 2.45) is 5.73 Å². The van der Waals surface area contributed by atoms with E-state index >= 15 is 0 Å². The van der Waals surface area contributed by atoms with Crippen LogP contribution in [0.3, 0.4) is 0 Å². The van der Waals surface area contributed by atoms with E-state index in [1.165, 1.54) is 11.3 Å². The number of nitrogens with one attached hydrogen (secondary N) is 1. The highest BCUT2D eigenvalue weighted by Gasteiger charge is 2.17. The Hall–Kier alpha value is -1.66. The summed E-state index contributed by atoms with van der Waals surface area (Å²) in [6, 6.07) is 4.65. The number of hydrogen-bond acceptors (Lipinski definition) is 5. The Bertz CT molecular complexity index is 478. The number of aromatic nitrogens is 1. The van der Waals surface area contributed by atoms with E-state index in [1.54, 1.807) is 13.0 Å². The molecule has 0 fully saturated rings. The highest BCUT2D eigenvalue weighted by Crippen LogP contribution is 2.18. The standard InChI is InChI=1S/C10H11N3O2S/c1-6-5-8(13-15-6)12-10(14)9(11)7-3-2-4-16-7/h2-5,9H,11H2,1H3,(H,12,13,14). The van der Waals surface area contributed by atoms with Crippen LogP contribution in [0.2, 0.25) is 0 Å². The summed E-state index contributed by atoms with van der Waals surface area (Å²) in [5.41, 5.74) is 5.78. The van der Waals surface area contributed by atoms with E-state index in [0.717, 1.165) is 4.88 Å². The lowest BCUT2D eigenvalue weighted by molar-refractivity contribution is -0.117. The minimum Gasteiger partial charge on any atom is -0.360 e. The Kier molecular flexibility index (Phi) is 3.02. The Morgan fingerprint density at radius 2 is 2.50 bits per heavy atom. The van der Waals surface area contributed by atoms with Gasteiger partial charge in [-0.05, 0) is 18.4 Å². The monoisotopic (exact) mass is 237 g/mol. The molecule has 3 N–H and O–H groups in total. The van der Waals surface area contributed by atoms with E-state index in [2.05, 4.69) is 10.5 Å². The van der Waals surface area contributed by atoms with Gasteiger partial charge in [0.1, 0.15) is 11.8 Å². The fourth-order valence-electron chi connectivity index (χ4n) is 1.23. The summed E-state index contributed by atoms with van der Waals surface area (Å²) in [6.45, 7) is 1.75. The first kappa shape index (κ1) is 10.8. The van der Waals surface area contributed by atoms with E-state index in [4.69, 9.17) is 10.3 Å². The van der Waals surface area contributed by atoms with E-state index in [-0.39, 0.29) is 5.91 Å². The third-order valence-corrected chi connectivity index (χ3v) is 2.97. The summed E-state index contributed by atoms with van der Waals surface area (Å²) in [5.74, 6) is 0.727. The topological polar surface area (TPSA) is 81.2 Å². The average Bonchev–Trinajstić information content (AvgIpc) is 2.88. The van der Waals surface area contributed by atoms with Gasteiger partial charge >= 0.3 is 0 Å². The maximum atomic E-state index is 11.7. The van der Waals surface area contributed by atoms with E-state index in [0.29, 0.717) is 11.6 Å². The molecule has 5 nitrogen and oxygen atoms in total. The predicted molar refractivity (Wildman–Crippen MR) is 61.1 cm³/mol. The minimum atomic E-state index is -0.669. The Morgan fingerprint density at radius 1 is 1.69 bits per heavy atom. The number of amides is 1. The molecule has 1 atom stereocenters. The van der Waals surface area contributed by atoms with Gasteiger partial charge in [0.15, 0.2) is 5.82 Å². The van der Waals surface area contributed by atoms with Crippen LogP contribution in [0, 0.1) is 6.92 Å². The lowest BCUT2D eigenvalue weighted by Gasteiger charge is -2.07. The van der Waals surface area contributed by atoms with E-state index in [1.807, 2.05) is 17.5 Å². The molecule has 16 heavy (non-hydrogen) atoms. The van der Waals surface area contributed by atoms with Crippen molar-refractivity contribution in [3.05, 3.63) is 34.2 Å². The van der Waals surface area contributed by atoms with Gasteiger partial charge in [0.2, 0.25) is 5.91 Å². The van der Waals surface area contributed by atoms with Crippen molar-refractivity contribution in [1.29, 1.82) is 0 Å². The molecule has 0 aliphatic heterocycles. The zero-order chi connectivity index (χ0) is 11.5. The van der Waals surface area contributed by atoms with Crippen molar-refractivity contribution in [1.82, 2.24) is 5.16 Å². The van der Waals surface area contributed by atoms with Gasteiger partial charge in [-0.3, -0.25) is 4.79 Å². The number of rotatable bonds is 3. The number of hydrogen-bond donors (Lipinski definition) is 2. The van der Waals surface area contributed by atoms with Crippen LogP contribution in [0.5, 0.6) is 0 Å². The van der Waals surface area contributed by atoms with Gasteiger partial charge in [-0.1, -0.05) is 11.2 Å². The van der Waals surface area contributed by atoms with Gasteiger partial charge in [-0.15, -0.1) is 11.3 Å². The maximum Gasteiger partial charge on any atom is 0.247 e. The van der Waals surface area contributed by atoms with E-state index < -0.39 is 6.04 Å². The number of carbonyl (C=O) groups excluding carboxylic acids is 1. The number of carbonyl (C=O) groups is 1. The third kappa shape index (κ3) is 2.29. The van der Waals surface area contributed by atoms with Crippen LogP contribution in [-0.4, -0.2) is 11.1 Å². The molecule has 0 aliphatic carbocycles. The van der Waals surface area contributed by atoms with Crippen molar-refractivity contribution in [3.8, 4) is 0 Å². The summed E-state index contributed by atoms with van der Waals surface area (Å²) in [6.07, 6.45) is 0. The molecule has 1 unspecified atom stereocenters. The molecule has 2 aromatic heterocycles. The summed E-state index contributed by atoms with van der Waals surface area (Å²) >= 11 is 1.45. The van der Waals surface area contributed by atoms with Crippen molar-refractivity contribution in [2.75, 3.05) is 5.32 Å². The van der Waals surface area contributed by atoms with Crippen LogP contribution in [0.25, 0.3) is 0 Å². The highest BCUT2D eigenvalue weighted by atomic mass is 32.1. The summed E-state index contributed by atoms with van der Waals surface area (Å²) in [5, 5.41) is 8.13. The summed E-state index contributed by atoms with van der Waals surface area (Å²) in [4.78, 5) is 12.5. The Balaban J connectivity index is 2.03. The summed E-state index contributed by atoms with van der Waals surface area (Å²) in [7, 11) is 0. The predicted octanol–water partition coefficient (Wildman–Crippen LogP) is 1.68. The molecule has 0 saturated heterocycles. The smallest absolute Gasteiger partial charge is 0.247 e. The SMILES string of the molecule is Cc1cc(NC(=O)C(N)c2cccs2)no1. The molecular formula is C10H11N3O2S. The molecule has 84 valence electrons. The first-order valence-corrected chi connectivity index (χ1v) is 5.58. The highest BCUT2D eigenvalue weighted by molar-refractivity contribution is 7.10. The minimum absolute atomic E-state index is 0.296. The van der Waals surface area contributed by atoms with Gasteiger partial charge in [-0.25, -0.2) is 0 Å². The molecule has 0 bridgehead atoms. The maximum absolute atomic E-state index is 11.7. The van der Waals surface area contributed by atoms with Crippen molar-refractivity contribution in [2.45, 2.75) is 13.0 Å². The van der Waals surface area contributed by atoms with Gasteiger partial charge in [0.25, 0.3) is 0 Å². The number of nitrogens with two attached hydrogens (primary N) is 1. The molecule has 2 heterocycles. The second kappa shape index (κ2) is 4.46. The van der Waals surface area contributed by atoms with Crippen LogP contribution in [0.15, 0.2) is 28.1 Å².